The minimum atomic E-state index is 0.0405. The van der Waals surface area contributed by atoms with Crippen LogP contribution in [0.15, 0.2) is 16.8 Å². The third-order valence-corrected chi connectivity index (χ3v) is 4.54. The maximum atomic E-state index is 12.4. The molecule has 0 unspecified atom stereocenters. The van der Waals surface area contributed by atoms with E-state index in [1.54, 1.807) is 7.11 Å². The molecule has 1 fully saturated rings. The van der Waals surface area contributed by atoms with Gasteiger partial charge in [-0.2, -0.15) is 11.3 Å². The Hall–Kier alpha value is -1.44. The van der Waals surface area contributed by atoms with Crippen LogP contribution in [0.2, 0.25) is 0 Å². The first-order valence-corrected chi connectivity index (χ1v) is 8.94. The molecule has 1 aromatic rings. The summed E-state index contributed by atoms with van der Waals surface area (Å²) in [5.74, 6) is 0.135. The number of hydrogen-bond donors (Lipinski definition) is 1. The minimum absolute atomic E-state index is 0.0405. The van der Waals surface area contributed by atoms with E-state index < -0.39 is 0 Å². The lowest BCUT2D eigenvalue weighted by Gasteiger charge is -2.21. The second-order valence-electron chi connectivity index (χ2n) is 5.63. The van der Waals surface area contributed by atoms with Crippen LogP contribution in [0.25, 0.3) is 0 Å². The van der Waals surface area contributed by atoms with Gasteiger partial charge in [-0.25, -0.2) is 0 Å². The van der Waals surface area contributed by atoms with Gasteiger partial charge in [0.05, 0.1) is 12.1 Å². The number of ether oxygens (including phenoxy) is 1. The van der Waals surface area contributed by atoms with Gasteiger partial charge in [0.2, 0.25) is 5.91 Å². The van der Waals surface area contributed by atoms with Crippen molar-refractivity contribution in [1.82, 2.24) is 15.1 Å². The molecule has 1 aliphatic heterocycles. The molecule has 0 bridgehead atoms. The fourth-order valence-corrected chi connectivity index (χ4v) is 3.23. The zero-order valence-electron chi connectivity index (χ0n) is 13.6. The normalized spacial score (nSPS) is 16.1. The van der Waals surface area contributed by atoms with E-state index in [1.807, 2.05) is 21.7 Å². The third-order valence-electron chi connectivity index (χ3n) is 3.86. The van der Waals surface area contributed by atoms with E-state index in [4.69, 9.17) is 4.74 Å². The van der Waals surface area contributed by atoms with E-state index in [0.29, 0.717) is 26.2 Å². The van der Waals surface area contributed by atoms with Gasteiger partial charge in [0.15, 0.2) is 0 Å². The van der Waals surface area contributed by atoms with Crippen LogP contribution in [0.4, 0.5) is 0 Å². The van der Waals surface area contributed by atoms with Crippen LogP contribution in [0, 0.1) is 0 Å². The summed E-state index contributed by atoms with van der Waals surface area (Å²) in [7, 11) is 1.65. The third kappa shape index (κ3) is 5.93. The molecular formula is C16H25N3O3S. The topological polar surface area (TPSA) is 61.9 Å². The van der Waals surface area contributed by atoms with Gasteiger partial charge >= 0.3 is 0 Å². The van der Waals surface area contributed by atoms with E-state index in [0.717, 1.165) is 38.0 Å². The summed E-state index contributed by atoms with van der Waals surface area (Å²) >= 11 is 1.54. The van der Waals surface area contributed by atoms with Gasteiger partial charge < -0.3 is 15.0 Å². The molecule has 2 heterocycles. The molecule has 0 atom stereocenters. The molecule has 0 saturated carbocycles. The predicted molar refractivity (Wildman–Crippen MR) is 90.8 cm³/mol. The van der Waals surface area contributed by atoms with E-state index in [2.05, 4.69) is 10.2 Å². The van der Waals surface area contributed by atoms with Crippen LogP contribution in [0.3, 0.4) is 0 Å². The molecule has 1 aliphatic rings. The highest BCUT2D eigenvalue weighted by Crippen LogP contribution is 2.12. The second kappa shape index (κ2) is 9.64. The predicted octanol–water partition coefficient (Wildman–Crippen LogP) is 1.05. The molecule has 0 aromatic carbocycles. The number of thiophene rings is 1. The molecule has 1 aromatic heterocycles. The number of nitrogens with zero attached hydrogens (tertiary/aromatic N) is 2. The first-order chi connectivity index (χ1) is 11.2. The van der Waals surface area contributed by atoms with Gasteiger partial charge in [0.25, 0.3) is 5.91 Å². The Morgan fingerprint density at radius 2 is 2.17 bits per heavy atom. The molecule has 2 rings (SSSR count). The molecule has 0 aliphatic carbocycles. The molecule has 7 heteroatoms. The smallest absolute Gasteiger partial charge is 0.254 e. The Labute approximate surface area is 141 Å². The Balaban J connectivity index is 1.73. The van der Waals surface area contributed by atoms with Crippen molar-refractivity contribution in [3.8, 4) is 0 Å². The van der Waals surface area contributed by atoms with Crippen molar-refractivity contribution in [2.75, 3.05) is 53.0 Å². The minimum Gasteiger partial charge on any atom is -0.385 e. The van der Waals surface area contributed by atoms with Crippen LogP contribution in [-0.4, -0.2) is 74.6 Å². The van der Waals surface area contributed by atoms with Crippen molar-refractivity contribution in [3.05, 3.63) is 22.4 Å². The van der Waals surface area contributed by atoms with Crippen LogP contribution < -0.4 is 5.32 Å². The van der Waals surface area contributed by atoms with E-state index in [1.165, 1.54) is 11.3 Å². The van der Waals surface area contributed by atoms with Gasteiger partial charge in [-0.1, -0.05) is 0 Å². The summed E-state index contributed by atoms with van der Waals surface area (Å²) < 4.78 is 4.96. The maximum Gasteiger partial charge on any atom is 0.254 e. The second-order valence-corrected chi connectivity index (χ2v) is 6.41. The maximum absolute atomic E-state index is 12.4. The van der Waals surface area contributed by atoms with E-state index in [9.17, 15) is 9.59 Å². The Morgan fingerprint density at radius 1 is 1.30 bits per heavy atom. The molecule has 2 amide bonds. The highest BCUT2D eigenvalue weighted by atomic mass is 32.1. The number of rotatable bonds is 7. The number of nitrogens with one attached hydrogen (secondary N) is 1. The summed E-state index contributed by atoms with van der Waals surface area (Å²) in [5.41, 5.74) is 0.763. The monoisotopic (exact) mass is 339 g/mol. The van der Waals surface area contributed by atoms with Gasteiger partial charge in [-0.15, -0.1) is 0 Å². The molecule has 1 N–H and O–H groups in total. The van der Waals surface area contributed by atoms with Crippen LogP contribution in [0.1, 0.15) is 23.2 Å². The number of carbonyl (C=O) groups excluding carboxylic acids is 2. The average molecular weight is 339 g/mol. The molecule has 0 radical (unpaired) electrons. The number of carbonyl (C=O) groups is 2. The summed E-state index contributed by atoms with van der Waals surface area (Å²) in [6, 6.07) is 1.86. The SMILES string of the molecule is COCCCNC(=O)CN1CCCN(C(=O)c2ccsc2)CC1. The quantitative estimate of drug-likeness (QED) is 0.754. The lowest BCUT2D eigenvalue weighted by Crippen LogP contribution is -2.40. The van der Waals surface area contributed by atoms with Crippen molar-refractivity contribution < 1.29 is 14.3 Å². The lowest BCUT2D eigenvalue weighted by atomic mass is 10.3. The zero-order chi connectivity index (χ0) is 16.5. The summed E-state index contributed by atoms with van der Waals surface area (Å²) in [4.78, 5) is 28.3. The Morgan fingerprint density at radius 3 is 2.91 bits per heavy atom. The molecule has 6 nitrogen and oxygen atoms in total. The molecule has 128 valence electrons. The standard InChI is InChI=1S/C16H25N3O3S/c1-22-10-2-5-17-15(20)12-18-6-3-7-19(9-8-18)16(21)14-4-11-23-13-14/h4,11,13H,2-3,5-10,12H2,1H3,(H,17,20). The number of amides is 2. The lowest BCUT2D eigenvalue weighted by molar-refractivity contribution is -0.122. The molecular weight excluding hydrogens is 314 g/mol. The van der Waals surface area contributed by atoms with Crippen LogP contribution >= 0.6 is 11.3 Å². The van der Waals surface area contributed by atoms with Crippen LogP contribution in [0.5, 0.6) is 0 Å². The highest BCUT2D eigenvalue weighted by molar-refractivity contribution is 7.08. The van der Waals surface area contributed by atoms with Crippen molar-refractivity contribution in [2.45, 2.75) is 12.8 Å². The van der Waals surface area contributed by atoms with Crippen molar-refractivity contribution in [2.24, 2.45) is 0 Å². The summed E-state index contributed by atoms with van der Waals surface area (Å²) in [6.07, 6.45) is 1.72. The number of hydrogen-bond acceptors (Lipinski definition) is 5. The van der Waals surface area contributed by atoms with E-state index in [-0.39, 0.29) is 11.8 Å². The molecule has 1 saturated heterocycles. The fraction of sp³-hybridized carbons (Fsp3) is 0.625. The van der Waals surface area contributed by atoms with Crippen molar-refractivity contribution >= 4 is 23.2 Å². The van der Waals surface area contributed by atoms with Crippen molar-refractivity contribution in [1.29, 1.82) is 0 Å². The first kappa shape index (κ1) is 17.9. The zero-order valence-corrected chi connectivity index (χ0v) is 14.4. The van der Waals surface area contributed by atoms with Crippen molar-refractivity contribution in [3.63, 3.8) is 0 Å². The van der Waals surface area contributed by atoms with Gasteiger partial charge in [-0.3, -0.25) is 14.5 Å². The molecule has 0 spiro atoms. The van der Waals surface area contributed by atoms with E-state index >= 15 is 0 Å². The largest absolute Gasteiger partial charge is 0.385 e. The first-order valence-electron chi connectivity index (χ1n) is 8.00. The fourth-order valence-electron chi connectivity index (χ4n) is 2.60. The van der Waals surface area contributed by atoms with Gasteiger partial charge in [0, 0.05) is 51.8 Å². The van der Waals surface area contributed by atoms with Gasteiger partial charge in [-0.05, 0) is 24.3 Å². The Bertz CT molecular complexity index is 493. The summed E-state index contributed by atoms with van der Waals surface area (Å²) in [5, 5.41) is 6.71. The Kier molecular flexibility index (Phi) is 7.51. The van der Waals surface area contributed by atoms with Gasteiger partial charge in [0.1, 0.15) is 0 Å². The highest BCUT2D eigenvalue weighted by Gasteiger charge is 2.21. The number of methoxy groups -OCH3 is 1. The summed E-state index contributed by atoms with van der Waals surface area (Å²) in [6.45, 7) is 4.70. The average Bonchev–Trinajstić information content (AvgIpc) is 2.99. The molecule has 23 heavy (non-hydrogen) atoms. The van der Waals surface area contributed by atoms with Crippen LogP contribution in [-0.2, 0) is 9.53 Å².